The van der Waals surface area contributed by atoms with Gasteiger partial charge in [-0.05, 0) is 12.8 Å². The first-order valence-corrected chi connectivity index (χ1v) is 8.41. The van der Waals surface area contributed by atoms with E-state index >= 15 is 0 Å². The molecule has 0 heterocycles. The van der Waals surface area contributed by atoms with Crippen LogP contribution < -0.4 is 5.73 Å². The quantitative estimate of drug-likeness (QED) is 0.338. The number of allylic oxidation sites excluding steroid dienone is 1. The van der Waals surface area contributed by atoms with Crippen molar-refractivity contribution in [3.8, 4) is 0 Å². The molecule has 0 aromatic heterocycles. The molecule has 3 nitrogen and oxygen atoms in total. The Labute approximate surface area is 125 Å². The standard InChI is InChI=1S/C17H35NO2/c1-2-3-4-5-6-7-8-9-10-11-12-13-17(20)16(14-18)15-19/h12-13,16-17,19-20H,2-11,14-15,18H2,1H3. The molecular formula is C17H35NO2. The van der Waals surface area contributed by atoms with Gasteiger partial charge < -0.3 is 15.9 Å². The van der Waals surface area contributed by atoms with Crippen molar-refractivity contribution in [3.05, 3.63) is 12.2 Å². The van der Waals surface area contributed by atoms with Gasteiger partial charge in [-0.25, -0.2) is 0 Å². The second-order valence-electron chi connectivity index (χ2n) is 5.71. The maximum atomic E-state index is 9.73. The summed E-state index contributed by atoms with van der Waals surface area (Å²) in [5, 5.41) is 18.7. The molecule has 0 saturated carbocycles. The Kier molecular flexibility index (Phi) is 14.7. The van der Waals surface area contributed by atoms with Crippen LogP contribution in [0, 0.1) is 5.92 Å². The number of aliphatic hydroxyl groups is 2. The van der Waals surface area contributed by atoms with E-state index in [2.05, 4.69) is 6.92 Å². The number of unbranched alkanes of at least 4 members (excludes halogenated alkanes) is 9. The number of rotatable bonds is 14. The van der Waals surface area contributed by atoms with Gasteiger partial charge in [-0.1, -0.05) is 70.4 Å². The lowest BCUT2D eigenvalue weighted by Crippen LogP contribution is -2.29. The summed E-state index contributed by atoms with van der Waals surface area (Å²) in [5.74, 6) is -0.227. The average Bonchev–Trinajstić information content (AvgIpc) is 2.46. The van der Waals surface area contributed by atoms with E-state index in [4.69, 9.17) is 10.8 Å². The molecule has 0 aliphatic rings. The third-order valence-electron chi connectivity index (χ3n) is 3.83. The van der Waals surface area contributed by atoms with Gasteiger partial charge >= 0.3 is 0 Å². The van der Waals surface area contributed by atoms with Crippen LogP contribution >= 0.6 is 0 Å². The second kappa shape index (κ2) is 15.0. The summed E-state index contributed by atoms with van der Waals surface area (Å²) in [6.45, 7) is 2.51. The average molecular weight is 285 g/mol. The van der Waals surface area contributed by atoms with Crippen LogP contribution in [0.4, 0.5) is 0 Å². The van der Waals surface area contributed by atoms with E-state index in [1.54, 1.807) is 6.08 Å². The second-order valence-corrected chi connectivity index (χ2v) is 5.71. The minimum absolute atomic E-state index is 0.0555. The van der Waals surface area contributed by atoms with Crippen molar-refractivity contribution in [2.75, 3.05) is 13.2 Å². The zero-order chi connectivity index (χ0) is 15.1. The van der Waals surface area contributed by atoms with E-state index in [1.807, 2.05) is 6.08 Å². The van der Waals surface area contributed by atoms with Gasteiger partial charge in [0.2, 0.25) is 0 Å². The summed E-state index contributed by atoms with van der Waals surface area (Å²) >= 11 is 0. The molecule has 20 heavy (non-hydrogen) atoms. The molecule has 0 radical (unpaired) electrons. The molecule has 0 aliphatic carbocycles. The predicted molar refractivity (Wildman–Crippen MR) is 86.6 cm³/mol. The fourth-order valence-electron chi connectivity index (χ4n) is 2.29. The van der Waals surface area contributed by atoms with Crippen LogP contribution in [0.1, 0.15) is 71.1 Å². The molecule has 0 bridgehead atoms. The first-order valence-electron chi connectivity index (χ1n) is 8.41. The van der Waals surface area contributed by atoms with Crippen LogP contribution in [-0.4, -0.2) is 29.5 Å². The van der Waals surface area contributed by atoms with Gasteiger partial charge in [0.1, 0.15) is 0 Å². The van der Waals surface area contributed by atoms with Gasteiger partial charge in [-0.15, -0.1) is 0 Å². The van der Waals surface area contributed by atoms with E-state index in [9.17, 15) is 5.11 Å². The van der Waals surface area contributed by atoms with Crippen molar-refractivity contribution >= 4 is 0 Å². The van der Waals surface area contributed by atoms with Crippen LogP contribution in [0.15, 0.2) is 12.2 Å². The maximum Gasteiger partial charge on any atom is 0.0783 e. The van der Waals surface area contributed by atoms with Gasteiger partial charge in [-0.2, -0.15) is 0 Å². The summed E-state index contributed by atoms with van der Waals surface area (Å²) < 4.78 is 0. The highest BCUT2D eigenvalue weighted by molar-refractivity contribution is 4.92. The molecule has 0 rings (SSSR count). The Bertz CT molecular complexity index is 215. The van der Waals surface area contributed by atoms with E-state index in [0.717, 1.165) is 6.42 Å². The molecule has 2 unspecified atom stereocenters. The maximum absolute atomic E-state index is 9.73. The third-order valence-corrected chi connectivity index (χ3v) is 3.83. The van der Waals surface area contributed by atoms with E-state index in [-0.39, 0.29) is 12.5 Å². The van der Waals surface area contributed by atoms with Gasteiger partial charge in [0.15, 0.2) is 0 Å². The van der Waals surface area contributed by atoms with Crippen molar-refractivity contribution in [2.45, 2.75) is 77.2 Å². The molecule has 0 aromatic carbocycles. The monoisotopic (exact) mass is 285 g/mol. The van der Waals surface area contributed by atoms with Crippen LogP contribution in [0.3, 0.4) is 0 Å². The summed E-state index contributed by atoms with van der Waals surface area (Å²) in [4.78, 5) is 0. The van der Waals surface area contributed by atoms with Crippen LogP contribution in [0.5, 0.6) is 0 Å². The normalized spacial score (nSPS) is 14.8. The topological polar surface area (TPSA) is 66.5 Å². The molecule has 120 valence electrons. The fraction of sp³-hybridized carbons (Fsp3) is 0.882. The van der Waals surface area contributed by atoms with Crippen molar-refractivity contribution in [1.29, 1.82) is 0 Å². The highest BCUT2D eigenvalue weighted by atomic mass is 16.3. The zero-order valence-corrected chi connectivity index (χ0v) is 13.3. The molecule has 2 atom stereocenters. The van der Waals surface area contributed by atoms with Gasteiger partial charge in [0, 0.05) is 19.1 Å². The minimum Gasteiger partial charge on any atom is -0.396 e. The zero-order valence-electron chi connectivity index (χ0n) is 13.3. The number of aliphatic hydroxyl groups excluding tert-OH is 2. The number of nitrogens with two attached hydrogens (primary N) is 1. The van der Waals surface area contributed by atoms with E-state index in [0.29, 0.717) is 6.54 Å². The minimum atomic E-state index is -0.608. The summed E-state index contributed by atoms with van der Waals surface area (Å²) in [5.41, 5.74) is 5.46. The SMILES string of the molecule is CCCCCCCCCCCC=CC(O)C(CN)CO. The molecule has 0 aliphatic heterocycles. The molecule has 0 fully saturated rings. The van der Waals surface area contributed by atoms with Gasteiger partial charge in [-0.3, -0.25) is 0 Å². The highest BCUT2D eigenvalue weighted by Gasteiger charge is 2.12. The van der Waals surface area contributed by atoms with Crippen LogP contribution in [-0.2, 0) is 0 Å². The molecule has 0 aromatic rings. The van der Waals surface area contributed by atoms with E-state index in [1.165, 1.54) is 57.8 Å². The van der Waals surface area contributed by atoms with Gasteiger partial charge in [0.25, 0.3) is 0 Å². The molecule has 0 spiro atoms. The Morgan fingerprint density at radius 1 is 0.950 bits per heavy atom. The van der Waals surface area contributed by atoms with E-state index < -0.39 is 6.10 Å². The fourth-order valence-corrected chi connectivity index (χ4v) is 2.29. The molecular weight excluding hydrogens is 250 g/mol. The first-order chi connectivity index (χ1) is 9.76. The van der Waals surface area contributed by atoms with Crippen LogP contribution in [0.2, 0.25) is 0 Å². The Hall–Kier alpha value is -0.380. The lowest BCUT2D eigenvalue weighted by molar-refractivity contribution is 0.105. The molecule has 4 N–H and O–H groups in total. The van der Waals surface area contributed by atoms with Crippen molar-refractivity contribution in [1.82, 2.24) is 0 Å². The highest BCUT2D eigenvalue weighted by Crippen LogP contribution is 2.11. The van der Waals surface area contributed by atoms with Crippen molar-refractivity contribution in [3.63, 3.8) is 0 Å². The third kappa shape index (κ3) is 11.4. The predicted octanol–water partition coefficient (Wildman–Crippen LogP) is 3.39. The number of hydrogen-bond donors (Lipinski definition) is 3. The first kappa shape index (κ1) is 19.6. The van der Waals surface area contributed by atoms with Crippen molar-refractivity contribution in [2.24, 2.45) is 11.7 Å². The van der Waals surface area contributed by atoms with Crippen LogP contribution in [0.25, 0.3) is 0 Å². The lowest BCUT2D eigenvalue weighted by Gasteiger charge is -2.15. The summed E-state index contributed by atoms with van der Waals surface area (Å²) in [7, 11) is 0. The van der Waals surface area contributed by atoms with Gasteiger partial charge in [0.05, 0.1) is 6.10 Å². The number of hydrogen-bond acceptors (Lipinski definition) is 3. The summed E-state index contributed by atoms with van der Waals surface area (Å²) in [6, 6.07) is 0. The largest absolute Gasteiger partial charge is 0.396 e. The lowest BCUT2D eigenvalue weighted by atomic mass is 10.0. The molecule has 0 saturated heterocycles. The molecule has 3 heteroatoms. The smallest absolute Gasteiger partial charge is 0.0783 e. The summed E-state index contributed by atoms with van der Waals surface area (Å²) in [6.07, 6.45) is 16.2. The molecule has 0 amide bonds. The van der Waals surface area contributed by atoms with Crippen molar-refractivity contribution < 1.29 is 10.2 Å². The Morgan fingerprint density at radius 3 is 2.00 bits per heavy atom. The Balaban J connectivity index is 3.34. The Morgan fingerprint density at radius 2 is 1.50 bits per heavy atom.